The van der Waals surface area contributed by atoms with Gasteiger partial charge in [0.2, 0.25) is 11.7 Å². The summed E-state index contributed by atoms with van der Waals surface area (Å²) in [7, 11) is 1.89. The minimum Gasteiger partial charge on any atom is -0.352 e. The lowest BCUT2D eigenvalue weighted by molar-refractivity contribution is -0.141. The summed E-state index contributed by atoms with van der Waals surface area (Å²) in [6, 6.07) is -0.705. The molecule has 1 unspecified atom stereocenters. The van der Waals surface area contributed by atoms with E-state index in [0.29, 0.717) is 5.17 Å². The summed E-state index contributed by atoms with van der Waals surface area (Å²) in [6.07, 6.45) is 6.79. The average Bonchev–Trinajstić information content (AvgIpc) is 3.39. The molecule has 0 bridgehead atoms. The molecular formula is C17H26N4O3S. The number of carbonyl (C=O) groups excluding carboxylic acids is 3. The summed E-state index contributed by atoms with van der Waals surface area (Å²) in [5.74, 6) is -0.413. The largest absolute Gasteiger partial charge is 0.352 e. The van der Waals surface area contributed by atoms with Gasteiger partial charge in [0.25, 0.3) is 0 Å². The van der Waals surface area contributed by atoms with Gasteiger partial charge in [-0.3, -0.25) is 14.4 Å². The first-order valence-corrected chi connectivity index (χ1v) is 10.1. The van der Waals surface area contributed by atoms with E-state index in [0.717, 1.165) is 50.8 Å². The van der Waals surface area contributed by atoms with Crippen LogP contribution in [-0.2, 0) is 14.4 Å². The molecule has 1 saturated heterocycles. The molecule has 8 heteroatoms. The molecular weight excluding hydrogens is 340 g/mol. The molecule has 1 aliphatic heterocycles. The van der Waals surface area contributed by atoms with Crippen LogP contribution < -0.4 is 10.7 Å². The number of nitrogens with one attached hydrogen (secondary N) is 2. The molecule has 2 aliphatic carbocycles. The Morgan fingerprint density at radius 2 is 1.88 bits per heavy atom. The van der Waals surface area contributed by atoms with Gasteiger partial charge in [0.1, 0.15) is 6.04 Å². The predicted octanol–water partition coefficient (Wildman–Crippen LogP) is 1.10. The van der Waals surface area contributed by atoms with Crippen molar-refractivity contribution in [2.75, 3.05) is 19.3 Å². The Balaban J connectivity index is 1.56. The SMILES string of the molecule is CN1CCS/C1=N\NC(=O)C(=O)C(NC(=O)C1CCCCC1)C1CC1. The molecule has 25 heavy (non-hydrogen) atoms. The number of rotatable bonds is 6. The number of amidine groups is 1. The van der Waals surface area contributed by atoms with E-state index in [1.807, 2.05) is 11.9 Å². The van der Waals surface area contributed by atoms with Crippen molar-refractivity contribution < 1.29 is 14.4 Å². The van der Waals surface area contributed by atoms with Crippen molar-refractivity contribution in [3.63, 3.8) is 0 Å². The predicted molar refractivity (Wildman–Crippen MR) is 96.9 cm³/mol. The summed E-state index contributed by atoms with van der Waals surface area (Å²) >= 11 is 1.54. The second-order valence-corrected chi connectivity index (χ2v) is 8.19. The zero-order valence-electron chi connectivity index (χ0n) is 14.6. The van der Waals surface area contributed by atoms with Gasteiger partial charge in [0.15, 0.2) is 5.17 Å². The molecule has 138 valence electrons. The van der Waals surface area contributed by atoms with Crippen LogP contribution in [0.2, 0.25) is 0 Å². The van der Waals surface area contributed by atoms with Crippen molar-refractivity contribution in [2.24, 2.45) is 16.9 Å². The highest BCUT2D eigenvalue weighted by Gasteiger charge is 2.41. The smallest absolute Gasteiger partial charge is 0.309 e. The van der Waals surface area contributed by atoms with Crippen LogP contribution in [-0.4, -0.2) is 53.1 Å². The third kappa shape index (κ3) is 4.74. The number of nitrogens with zero attached hydrogens (tertiary/aromatic N) is 2. The maximum Gasteiger partial charge on any atom is 0.309 e. The van der Waals surface area contributed by atoms with Crippen molar-refractivity contribution in [2.45, 2.75) is 51.0 Å². The Morgan fingerprint density at radius 3 is 2.48 bits per heavy atom. The highest BCUT2D eigenvalue weighted by molar-refractivity contribution is 8.14. The molecule has 3 fully saturated rings. The van der Waals surface area contributed by atoms with Gasteiger partial charge in [-0.05, 0) is 31.6 Å². The second-order valence-electron chi connectivity index (χ2n) is 7.13. The Kier molecular flexibility index (Phi) is 5.98. The molecule has 2 saturated carbocycles. The van der Waals surface area contributed by atoms with Crippen molar-refractivity contribution in [3.05, 3.63) is 0 Å². The van der Waals surface area contributed by atoms with E-state index in [4.69, 9.17) is 0 Å². The zero-order chi connectivity index (χ0) is 17.8. The van der Waals surface area contributed by atoms with Gasteiger partial charge in [-0.25, -0.2) is 5.43 Å². The first-order valence-electron chi connectivity index (χ1n) is 9.12. The van der Waals surface area contributed by atoms with Gasteiger partial charge in [-0.2, -0.15) is 0 Å². The topological polar surface area (TPSA) is 90.9 Å². The summed E-state index contributed by atoms with van der Waals surface area (Å²) in [5, 5.41) is 7.59. The van der Waals surface area contributed by atoms with Crippen molar-refractivity contribution >= 4 is 34.5 Å². The fourth-order valence-corrected chi connectivity index (χ4v) is 4.32. The zero-order valence-corrected chi connectivity index (χ0v) is 15.4. The quantitative estimate of drug-likeness (QED) is 0.543. The minimum atomic E-state index is -0.741. The van der Waals surface area contributed by atoms with Crippen LogP contribution >= 0.6 is 11.8 Å². The summed E-state index contributed by atoms with van der Waals surface area (Å²) < 4.78 is 0. The molecule has 0 aromatic heterocycles. The number of hydrogen-bond acceptors (Lipinski definition) is 5. The molecule has 0 radical (unpaired) electrons. The second kappa shape index (κ2) is 8.21. The van der Waals surface area contributed by atoms with E-state index in [9.17, 15) is 14.4 Å². The summed E-state index contributed by atoms with van der Waals surface area (Å²) in [4.78, 5) is 39.1. The van der Waals surface area contributed by atoms with Crippen LogP contribution in [0.15, 0.2) is 5.10 Å². The number of thioether (sulfide) groups is 1. The molecule has 3 rings (SSSR count). The number of Topliss-reactive ketones (excluding diaryl/α,β-unsaturated/α-hetero) is 1. The normalized spacial score (nSPS) is 24.2. The lowest BCUT2D eigenvalue weighted by atomic mass is 9.88. The van der Waals surface area contributed by atoms with Gasteiger partial charge in [-0.1, -0.05) is 31.0 Å². The van der Waals surface area contributed by atoms with Gasteiger partial charge in [0.05, 0.1) is 0 Å². The monoisotopic (exact) mass is 366 g/mol. The van der Waals surface area contributed by atoms with Gasteiger partial charge in [-0.15, -0.1) is 5.10 Å². The van der Waals surface area contributed by atoms with Crippen LogP contribution in [0.4, 0.5) is 0 Å². The fourth-order valence-electron chi connectivity index (χ4n) is 3.36. The maximum atomic E-state index is 12.5. The Labute approximate surface area is 152 Å². The molecule has 0 aromatic rings. The van der Waals surface area contributed by atoms with Gasteiger partial charge in [0, 0.05) is 25.3 Å². The summed E-state index contributed by atoms with van der Waals surface area (Å²) in [5.41, 5.74) is 2.36. The van der Waals surface area contributed by atoms with Crippen LogP contribution in [0.1, 0.15) is 44.9 Å². The fraction of sp³-hybridized carbons (Fsp3) is 0.765. The van der Waals surface area contributed by atoms with Crippen LogP contribution in [0.5, 0.6) is 0 Å². The standard InChI is InChI=1S/C17H26N4O3S/c1-21-9-10-25-17(21)20-19-16(24)14(22)13(11-7-8-11)18-15(23)12-5-3-2-4-6-12/h11-13H,2-10H2,1H3,(H,18,23)(H,19,24)/b20-17-. The summed E-state index contributed by atoms with van der Waals surface area (Å²) in [6.45, 7) is 0.870. The van der Waals surface area contributed by atoms with Crippen molar-refractivity contribution in [3.8, 4) is 0 Å². The van der Waals surface area contributed by atoms with Crippen molar-refractivity contribution in [1.29, 1.82) is 0 Å². The van der Waals surface area contributed by atoms with Crippen molar-refractivity contribution in [1.82, 2.24) is 15.6 Å². The molecule has 1 heterocycles. The third-order valence-electron chi connectivity index (χ3n) is 5.11. The van der Waals surface area contributed by atoms with Gasteiger partial charge >= 0.3 is 5.91 Å². The highest BCUT2D eigenvalue weighted by Crippen LogP contribution is 2.34. The number of hydrogen-bond donors (Lipinski definition) is 2. The maximum absolute atomic E-state index is 12.5. The Bertz CT molecular complexity index is 570. The van der Waals surface area contributed by atoms with E-state index in [1.165, 1.54) is 6.42 Å². The van der Waals surface area contributed by atoms with E-state index >= 15 is 0 Å². The van der Waals surface area contributed by atoms with E-state index in [-0.39, 0.29) is 17.7 Å². The molecule has 7 nitrogen and oxygen atoms in total. The van der Waals surface area contributed by atoms with E-state index < -0.39 is 17.7 Å². The van der Waals surface area contributed by atoms with Crippen LogP contribution in [0.25, 0.3) is 0 Å². The van der Waals surface area contributed by atoms with Crippen LogP contribution in [0, 0.1) is 11.8 Å². The van der Waals surface area contributed by atoms with Gasteiger partial charge < -0.3 is 10.2 Å². The number of hydrazone groups is 1. The Hall–Kier alpha value is -1.57. The lowest BCUT2D eigenvalue weighted by Gasteiger charge is -2.24. The molecule has 1 atom stereocenters. The Morgan fingerprint density at radius 1 is 1.16 bits per heavy atom. The first kappa shape index (κ1) is 18.2. The molecule has 2 amide bonds. The van der Waals surface area contributed by atoms with E-state index in [2.05, 4.69) is 15.8 Å². The minimum absolute atomic E-state index is 0.0188. The number of amides is 2. The molecule has 3 aliphatic rings. The lowest BCUT2D eigenvalue weighted by Crippen LogP contribution is -2.50. The van der Waals surface area contributed by atoms with E-state index in [1.54, 1.807) is 11.8 Å². The highest BCUT2D eigenvalue weighted by atomic mass is 32.2. The number of carbonyl (C=O) groups is 3. The molecule has 0 aromatic carbocycles. The average molecular weight is 366 g/mol. The third-order valence-corrected chi connectivity index (χ3v) is 6.16. The number of ketones is 1. The molecule has 0 spiro atoms. The molecule has 2 N–H and O–H groups in total. The first-order chi connectivity index (χ1) is 12.1. The van der Waals surface area contributed by atoms with Crippen LogP contribution in [0.3, 0.4) is 0 Å².